The Hall–Kier alpha value is -1.88. The van der Waals surface area contributed by atoms with E-state index in [4.69, 9.17) is 5.73 Å². The van der Waals surface area contributed by atoms with Crippen molar-refractivity contribution >= 4 is 17.5 Å². The lowest BCUT2D eigenvalue weighted by atomic mass is 10.1. The number of nitrogens with zero attached hydrogens (tertiary/aromatic N) is 1. The molecule has 0 atom stereocenters. The van der Waals surface area contributed by atoms with Crippen LogP contribution in [0.15, 0.2) is 24.3 Å². The molecular formula is C15H21N3O2. The van der Waals surface area contributed by atoms with Crippen LogP contribution in [0.5, 0.6) is 0 Å². The van der Waals surface area contributed by atoms with Gasteiger partial charge in [0, 0.05) is 36.3 Å². The van der Waals surface area contributed by atoms with E-state index in [1.54, 1.807) is 17.0 Å². The van der Waals surface area contributed by atoms with Crippen LogP contribution in [0.1, 0.15) is 37.0 Å². The quantitative estimate of drug-likeness (QED) is 0.869. The van der Waals surface area contributed by atoms with Crippen LogP contribution >= 0.6 is 0 Å². The van der Waals surface area contributed by atoms with Gasteiger partial charge in [-0.15, -0.1) is 0 Å². The minimum atomic E-state index is -0.433. The zero-order valence-corrected chi connectivity index (χ0v) is 12.0. The van der Waals surface area contributed by atoms with Gasteiger partial charge in [-0.05, 0) is 44.5 Å². The Balaban J connectivity index is 2.01. The van der Waals surface area contributed by atoms with Crippen LogP contribution in [0.25, 0.3) is 0 Å². The molecule has 1 saturated heterocycles. The number of carbonyl (C=O) groups excluding carboxylic acids is 2. The molecule has 1 heterocycles. The number of amides is 2. The number of rotatable bonds is 4. The molecule has 1 aliphatic heterocycles. The van der Waals surface area contributed by atoms with Crippen LogP contribution in [0.3, 0.4) is 0 Å². The van der Waals surface area contributed by atoms with E-state index >= 15 is 0 Å². The summed E-state index contributed by atoms with van der Waals surface area (Å²) in [7, 11) is 0. The minimum Gasteiger partial charge on any atom is -0.350 e. The number of nitrogens with two attached hydrogens (primary N) is 1. The van der Waals surface area contributed by atoms with Crippen molar-refractivity contribution in [3.8, 4) is 0 Å². The summed E-state index contributed by atoms with van der Waals surface area (Å²) >= 11 is 0. The van der Waals surface area contributed by atoms with E-state index in [0.29, 0.717) is 18.5 Å². The largest absolute Gasteiger partial charge is 0.350 e. The van der Waals surface area contributed by atoms with Crippen molar-refractivity contribution in [2.24, 2.45) is 5.73 Å². The number of hydrogen-bond acceptors (Lipinski definition) is 3. The molecule has 1 fully saturated rings. The van der Waals surface area contributed by atoms with E-state index in [0.717, 1.165) is 18.7 Å². The number of carbonyl (C=O) groups is 2. The molecule has 108 valence electrons. The fourth-order valence-electron chi connectivity index (χ4n) is 2.12. The van der Waals surface area contributed by atoms with Gasteiger partial charge in [-0.25, -0.2) is 0 Å². The van der Waals surface area contributed by atoms with Crippen LogP contribution < -0.4 is 16.0 Å². The SMILES string of the molecule is CC(C)(N)CNC(=O)c1ccc(N2CCCC2=O)cc1. The normalized spacial score (nSPS) is 15.6. The third-order valence-corrected chi connectivity index (χ3v) is 3.22. The van der Waals surface area contributed by atoms with Gasteiger partial charge in [0.15, 0.2) is 0 Å². The highest BCUT2D eigenvalue weighted by Crippen LogP contribution is 2.21. The number of anilines is 1. The monoisotopic (exact) mass is 275 g/mol. The highest BCUT2D eigenvalue weighted by Gasteiger charge is 2.21. The van der Waals surface area contributed by atoms with Crippen molar-refractivity contribution < 1.29 is 9.59 Å². The van der Waals surface area contributed by atoms with Gasteiger partial charge in [0.25, 0.3) is 5.91 Å². The second kappa shape index (κ2) is 5.63. The molecule has 20 heavy (non-hydrogen) atoms. The van der Waals surface area contributed by atoms with E-state index in [2.05, 4.69) is 5.32 Å². The van der Waals surface area contributed by atoms with E-state index in [9.17, 15) is 9.59 Å². The average molecular weight is 275 g/mol. The predicted octanol–water partition coefficient (Wildman–Crippen LogP) is 1.28. The Morgan fingerprint density at radius 2 is 2.00 bits per heavy atom. The minimum absolute atomic E-state index is 0.145. The standard InChI is InChI=1S/C15H21N3O2/c1-15(2,16)10-17-14(20)11-5-7-12(8-6-11)18-9-3-4-13(18)19/h5-8H,3-4,9-10,16H2,1-2H3,(H,17,20). The highest BCUT2D eigenvalue weighted by molar-refractivity contribution is 5.97. The molecule has 0 radical (unpaired) electrons. The zero-order valence-electron chi connectivity index (χ0n) is 12.0. The Morgan fingerprint density at radius 1 is 1.35 bits per heavy atom. The number of nitrogens with one attached hydrogen (secondary N) is 1. The van der Waals surface area contributed by atoms with E-state index < -0.39 is 5.54 Å². The zero-order chi connectivity index (χ0) is 14.8. The molecule has 0 aliphatic carbocycles. The summed E-state index contributed by atoms with van der Waals surface area (Å²) in [6, 6.07) is 7.09. The molecule has 5 nitrogen and oxygen atoms in total. The van der Waals surface area contributed by atoms with Gasteiger partial charge in [-0.1, -0.05) is 0 Å². The maximum atomic E-state index is 11.9. The summed E-state index contributed by atoms with van der Waals surface area (Å²) in [6.45, 7) is 4.88. The fourth-order valence-corrected chi connectivity index (χ4v) is 2.12. The van der Waals surface area contributed by atoms with Crippen LogP contribution in [0, 0.1) is 0 Å². The van der Waals surface area contributed by atoms with Crippen molar-refractivity contribution in [3.05, 3.63) is 29.8 Å². The number of hydrogen-bond donors (Lipinski definition) is 2. The lowest BCUT2D eigenvalue weighted by Crippen LogP contribution is -2.45. The first kappa shape index (κ1) is 14.5. The van der Waals surface area contributed by atoms with E-state index in [1.807, 2.05) is 26.0 Å². The third kappa shape index (κ3) is 3.57. The van der Waals surface area contributed by atoms with Gasteiger partial charge in [0.05, 0.1) is 0 Å². The predicted molar refractivity (Wildman–Crippen MR) is 78.6 cm³/mol. The van der Waals surface area contributed by atoms with Crippen molar-refractivity contribution in [1.82, 2.24) is 5.32 Å². The highest BCUT2D eigenvalue weighted by atomic mass is 16.2. The van der Waals surface area contributed by atoms with Crippen molar-refractivity contribution in [3.63, 3.8) is 0 Å². The first-order chi connectivity index (χ1) is 9.37. The van der Waals surface area contributed by atoms with E-state index in [-0.39, 0.29) is 11.8 Å². The fraction of sp³-hybridized carbons (Fsp3) is 0.467. The van der Waals surface area contributed by atoms with Crippen molar-refractivity contribution in [1.29, 1.82) is 0 Å². The Kier molecular flexibility index (Phi) is 4.09. The van der Waals surface area contributed by atoms with Crippen molar-refractivity contribution in [2.45, 2.75) is 32.2 Å². The second-order valence-electron chi connectivity index (χ2n) is 5.87. The second-order valence-corrected chi connectivity index (χ2v) is 5.87. The molecule has 3 N–H and O–H groups in total. The molecular weight excluding hydrogens is 254 g/mol. The van der Waals surface area contributed by atoms with Gasteiger partial charge in [-0.3, -0.25) is 9.59 Å². The molecule has 1 aromatic rings. The van der Waals surface area contributed by atoms with Crippen molar-refractivity contribution in [2.75, 3.05) is 18.0 Å². The summed E-state index contributed by atoms with van der Waals surface area (Å²) in [6.07, 6.45) is 1.50. The Bertz CT molecular complexity index is 503. The summed E-state index contributed by atoms with van der Waals surface area (Å²) in [4.78, 5) is 25.3. The van der Waals surface area contributed by atoms with Gasteiger partial charge < -0.3 is 16.0 Å². The van der Waals surface area contributed by atoms with Crippen LogP contribution in [-0.2, 0) is 4.79 Å². The first-order valence-corrected chi connectivity index (χ1v) is 6.84. The van der Waals surface area contributed by atoms with Gasteiger partial charge >= 0.3 is 0 Å². The molecule has 0 saturated carbocycles. The van der Waals surface area contributed by atoms with E-state index in [1.165, 1.54) is 0 Å². The van der Waals surface area contributed by atoms with Gasteiger partial charge in [0.1, 0.15) is 0 Å². The van der Waals surface area contributed by atoms with Gasteiger partial charge in [-0.2, -0.15) is 0 Å². The molecule has 0 unspecified atom stereocenters. The molecule has 1 aromatic carbocycles. The Labute approximate surface area is 119 Å². The average Bonchev–Trinajstić information content (AvgIpc) is 2.81. The molecule has 1 aliphatic rings. The number of benzene rings is 1. The molecule has 0 spiro atoms. The molecule has 0 bridgehead atoms. The van der Waals surface area contributed by atoms with Crippen LogP contribution in [-0.4, -0.2) is 30.4 Å². The Morgan fingerprint density at radius 3 is 2.50 bits per heavy atom. The maximum absolute atomic E-state index is 11.9. The first-order valence-electron chi connectivity index (χ1n) is 6.84. The summed E-state index contributed by atoms with van der Waals surface area (Å²) in [5.74, 6) is -0.00472. The van der Waals surface area contributed by atoms with Crippen LogP contribution in [0.4, 0.5) is 5.69 Å². The maximum Gasteiger partial charge on any atom is 0.251 e. The molecule has 0 aromatic heterocycles. The van der Waals surface area contributed by atoms with Crippen LogP contribution in [0.2, 0.25) is 0 Å². The molecule has 5 heteroatoms. The molecule has 2 rings (SSSR count). The van der Waals surface area contributed by atoms with Gasteiger partial charge in [0.2, 0.25) is 5.91 Å². The summed E-state index contributed by atoms with van der Waals surface area (Å²) in [5, 5.41) is 2.79. The smallest absolute Gasteiger partial charge is 0.251 e. The molecule has 2 amide bonds. The topological polar surface area (TPSA) is 75.4 Å². The lowest BCUT2D eigenvalue weighted by molar-refractivity contribution is -0.117. The summed E-state index contributed by atoms with van der Waals surface area (Å²) < 4.78 is 0. The lowest BCUT2D eigenvalue weighted by Gasteiger charge is -2.19. The summed E-state index contributed by atoms with van der Waals surface area (Å²) in [5.41, 5.74) is 6.82. The third-order valence-electron chi connectivity index (χ3n) is 3.22.